The number of carbonyl (C=O) groups is 2. The SMILES string of the molecule is O=C(Nc1ccccc1)Nc1ccc(OC(c2ccccc2)c2ccccc2)c(C(=O)NCc2ccncc2)c1. The minimum atomic E-state index is -0.450. The van der Waals surface area contributed by atoms with Gasteiger partial charge in [-0.2, -0.15) is 0 Å². The summed E-state index contributed by atoms with van der Waals surface area (Å²) in [4.78, 5) is 30.2. The van der Waals surface area contributed by atoms with E-state index in [4.69, 9.17) is 4.74 Å². The van der Waals surface area contributed by atoms with E-state index in [2.05, 4.69) is 20.9 Å². The molecule has 5 rings (SSSR count). The van der Waals surface area contributed by atoms with E-state index in [9.17, 15) is 9.59 Å². The molecule has 3 N–H and O–H groups in total. The average Bonchev–Trinajstić information content (AvgIpc) is 3.01. The van der Waals surface area contributed by atoms with Gasteiger partial charge in [-0.15, -0.1) is 0 Å². The van der Waals surface area contributed by atoms with Crippen molar-refractivity contribution in [3.63, 3.8) is 0 Å². The summed E-state index contributed by atoms with van der Waals surface area (Å²) in [6.45, 7) is 0.313. The fourth-order valence-electron chi connectivity index (χ4n) is 4.19. The van der Waals surface area contributed by atoms with Gasteiger partial charge in [0.05, 0.1) is 5.56 Å². The predicted octanol–water partition coefficient (Wildman–Crippen LogP) is 6.82. The number of nitrogens with one attached hydrogen (secondary N) is 3. The lowest BCUT2D eigenvalue weighted by atomic mass is 10.0. The highest BCUT2D eigenvalue weighted by Crippen LogP contribution is 2.32. The van der Waals surface area contributed by atoms with E-state index >= 15 is 0 Å². The third-order valence-corrected chi connectivity index (χ3v) is 6.17. The molecule has 0 saturated carbocycles. The van der Waals surface area contributed by atoms with Crippen LogP contribution >= 0.6 is 0 Å². The third kappa shape index (κ3) is 6.90. The lowest BCUT2D eigenvalue weighted by Gasteiger charge is -2.22. The highest BCUT2D eigenvalue weighted by Gasteiger charge is 2.21. The van der Waals surface area contributed by atoms with Crippen LogP contribution in [0.2, 0.25) is 0 Å². The number of urea groups is 1. The van der Waals surface area contributed by atoms with Crippen LogP contribution in [-0.4, -0.2) is 16.9 Å². The second-order valence-corrected chi connectivity index (χ2v) is 9.01. The van der Waals surface area contributed by atoms with Crippen LogP contribution in [-0.2, 0) is 6.54 Å². The number of hydrogen-bond acceptors (Lipinski definition) is 4. The monoisotopic (exact) mass is 528 g/mol. The molecule has 0 aliphatic rings. The summed E-state index contributed by atoms with van der Waals surface area (Å²) in [7, 11) is 0. The summed E-state index contributed by atoms with van der Waals surface area (Å²) in [5.74, 6) is 0.0535. The molecule has 0 unspecified atom stereocenters. The molecular formula is C33H28N4O3. The van der Waals surface area contributed by atoms with Gasteiger partial charge in [-0.1, -0.05) is 78.9 Å². The Morgan fingerprint density at radius 3 is 1.88 bits per heavy atom. The summed E-state index contributed by atoms with van der Waals surface area (Å²) in [5.41, 5.74) is 4.20. The molecule has 0 aliphatic carbocycles. The fourth-order valence-corrected chi connectivity index (χ4v) is 4.19. The van der Waals surface area contributed by atoms with Gasteiger partial charge in [0.25, 0.3) is 5.91 Å². The largest absolute Gasteiger partial charge is 0.480 e. The molecule has 3 amide bonds. The zero-order chi connectivity index (χ0) is 27.6. The molecule has 0 aliphatic heterocycles. The van der Waals surface area contributed by atoms with Crippen LogP contribution in [0.1, 0.15) is 33.2 Å². The molecule has 0 saturated heterocycles. The Kier molecular flexibility index (Phi) is 8.44. The van der Waals surface area contributed by atoms with Gasteiger partial charge in [0.1, 0.15) is 11.9 Å². The number of amides is 3. The number of anilines is 2. The molecule has 1 aromatic heterocycles. The molecule has 0 atom stereocenters. The first-order valence-electron chi connectivity index (χ1n) is 12.9. The van der Waals surface area contributed by atoms with Crippen molar-refractivity contribution in [2.45, 2.75) is 12.6 Å². The lowest BCUT2D eigenvalue weighted by Crippen LogP contribution is -2.25. The Balaban J connectivity index is 1.44. The standard InChI is InChI=1S/C33H28N4O3/c38-32(35-23-24-18-20-34-21-19-24)29-22-28(37-33(39)36-27-14-8-3-9-15-27)16-17-30(29)40-31(25-10-4-1-5-11-25)26-12-6-2-7-13-26/h1-22,31H,23H2,(H,35,38)(H2,36,37,39). The predicted molar refractivity (Wildman–Crippen MR) is 156 cm³/mol. The Morgan fingerprint density at radius 1 is 0.675 bits per heavy atom. The molecule has 4 aromatic carbocycles. The highest BCUT2D eigenvalue weighted by atomic mass is 16.5. The Labute approximate surface area is 232 Å². The molecule has 198 valence electrons. The topological polar surface area (TPSA) is 92.4 Å². The van der Waals surface area contributed by atoms with E-state index < -0.39 is 12.1 Å². The maximum Gasteiger partial charge on any atom is 0.323 e. The van der Waals surface area contributed by atoms with Crippen molar-refractivity contribution < 1.29 is 14.3 Å². The minimum absolute atomic E-state index is 0.295. The van der Waals surface area contributed by atoms with Crippen LogP contribution in [0.5, 0.6) is 5.75 Å². The first kappa shape index (κ1) is 26.2. The normalized spacial score (nSPS) is 10.5. The lowest BCUT2D eigenvalue weighted by molar-refractivity contribution is 0.0945. The van der Waals surface area contributed by atoms with E-state index in [-0.39, 0.29) is 5.91 Å². The van der Waals surface area contributed by atoms with E-state index in [0.717, 1.165) is 16.7 Å². The molecule has 40 heavy (non-hydrogen) atoms. The number of para-hydroxylation sites is 1. The van der Waals surface area contributed by atoms with Crippen LogP contribution in [0, 0.1) is 0 Å². The summed E-state index contributed by atoms with van der Waals surface area (Å²) in [5, 5.41) is 8.55. The van der Waals surface area contributed by atoms with Crippen LogP contribution < -0.4 is 20.7 Å². The van der Waals surface area contributed by atoms with Gasteiger partial charge in [-0.25, -0.2) is 4.79 Å². The van der Waals surface area contributed by atoms with Crippen molar-refractivity contribution in [2.75, 3.05) is 10.6 Å². The first-order valence-corrected chi connectivity index (χ1v) is 12.9. The molecule has 7 heteroatoms. The maximum absolute atomic E-state index is 13.5. The Hall–Kier alpha value is -5.43. The van der Waals surface area contributed by atoms with E-state index in [1.807, 2.05) is 91.0 Å². The molecule has 0 bridgehead atoms. The smallest absolute Gasteiger partial charge is 0.323 e. The molecule has 0 fully saturated rings. The molecule has 1 heterocycles. The highest BCUT2D eigenvalue weighted by molar-refractivity contribution is 6.02. The Morgan fingerprint density at radius 2 is 1.25 bits per heavy atom. The second-order valence-electron chi connectivity index (χ2n) is 9.01. The summed E-state index contributed by atoms with van der Waals surface area (Å²) < 4.78 is 6.55. The number of aromatic nitrogens is 1. The van der Waals surface area contributed by atoms with Crippen LogP contribution in [0.4, 0.5) is 16.2 Å². The summed E-state index contributed by atoms with van der Waals surface area (Å²) in [6.07, 6.45) is 2.90. The van der Waals surface area contributed by atoms with Crippen molar-refractivity contribution >= 4 is 23.3 Å². The van der Waals surface area contributed by atoms with Gasteiger partial charge in [0.2, 0.25) is 0 Å². The molecule has 5 aromatic rings. The summed E-state index contributed by atoms with van der Waals surface area (Å²) >= 11 is 0. The van der Waals surface area contributed by atoms with E-state index in [1.54, 1.807) is 42.7 Å². The van der Waals surface area contributed by atoms with Gasteiger partial charge < -0.3 is 20.7 Å². The van der Waals surface area contributed by atoms with Gasteiger partial charge in [-0.3, -0.25) is 9.78 Å². The van der Waals surface area contributed by atoms with Crippen LogP contribution in [0.3, 0.4) is 0 Å². The van der Waals surface area contributed by atoms with Crippen molar-refractivity contribution in [1.29, 1.82) is 0 Å². The molecule has 7 nitrogen and oxygen atoms in total. The number of ether oxygens (including phenoxy) is 1. The van der Waals surface area contributed by atoms with Crippen molar-refractivity contribution in [1.82, 2.24) is 10.3 Å². The maximum atomic E-state index is 13.5. The van der Waals surface area contributed by atoms with Gasteiger partial charge in [-0.05, 0) is 59.2 Å². The number of hydrogen-bond donors (Lipinski definition) is 3. The van der Waals surface area contributed by atoms with Crippen molar-refractivity contribution in [3.8, 4) is 5.75 Å². The molecular weight excluding hydrogens is 500 g/mol. The number of rotatable bonds is 9. The van der Waals surface area contributed by atoms with E-state index in [1.165, 1.54) is 0 Å². The Bertz CT molecular complexity index is 1510. The van der Waals surface area contributed by atoms with Crippen LogP contribution in [0.25, 0.3) is 0 Å². The van der Waals surface area contributed by atoms with Crippen molar-refractivity contribution in [3.05, 3.63) is 156 Å². The number of nitrogens with zero attached hydrogens (tertiary/aromatic N) is 1. The number of benzene rings is 4. The zero-order valence-corrected chi connectivity index (χ0v) is 21.7. The van der Waals surface area contributed by atoms with Gasteiger partial charge in [0.15, 0.2) is 0 Å². The van der Waals surface area contributed by atoms with Crippen LogP contribution in [0.15, 0.2) is 134 Å². The molecule has 0 spiro atoms. The van der Waals surface area contributed by atoms with E-state index in [0.29, 0.717) is 29.2 Å². The zero-order valence-electron chi connectivity index (χ0n) is 21.7. The number of pyridine rings is 1. The van der Waals surface area contributed by atoms with Gasteiger partial charge >= 0.3 is 6.03 Å². The molecule has 0 radical (unpaired) electrons. The first-order chi connectivity index (χ1) is 19.7. The second kappa shape index (κ2) is 12.9. The minimum Gasteiger partial charge on any atom is -0.480 e. The summed E-state index contributed by atoms with van der Waals surface area (Å²) in [6, 6.07) is 37.1. The van der Waals surface area contributed by atoms with Gasteiger partial charge in [0, 0.05) is 30.3 Å². The van der Waals surface area contributed by atoms with Crippen molar-refractivity contribution in [2.24, 2.45) is 0 Å². The third-order valence-electron chi connectivity index (χ3n) is 6.17. The quantitative estimate of drug-likeness (QED) is 0.196. The number of carbonyl (C=O) groups excluding carboxylic acids is 2. The average molecular weight is 529 g/mol. The fraction of sp³-hybridized carbons (Fsp3) is 0.0606.